The molecule has 0 radical (unpaired) electrons. The molecule has 2 amide bonds. The molecule has 0 aromatic rings. The topological polar surface area (TPSA) is 37.4 Å². The van der Waals surface area contributed by atoms with Crippen LogP contribution in [0.1, 0.15) is 6.42 Å². The molecule has 1 saturated heterocycles. The maximum Gasteiger partial charge on any atom is 0.233 e. The van der Waals surface area contributed by atoms with Crippen LogP contribution in [-0.2, 0) is 9.59 Å². The lowest BCUT2D eigenvalue weighted by atomic mass is 9.85. The van der Waals surface area contributed by atoms with Gasteiger partial charge in [0.2, 0.25) is 11.8 Å². The van der Waals surface area contributed by atoms with Crippen LogP contribution < -0.4 is 0 Å². The summed E-state index contributed by atoms with van der Waals surface area (Å²) in [6.45, 7) is 0. The van der Waals surface area contributed by atoms with Crippen molar-refractivity contribution in [3.05, 3.63) is 12.2 Å². The van der Waals surface area contributed by atoms with Gasteiger partial charge >= 0.3 is 0 Å². The number of hydrogen-bond donors (Lipinski definition) is 0. The second kappa shape index (κ2) is 2.03. The number of amides is 2. The van der Waals surface area contributed by atoms with Crippen molar-refractivity contribution >= 4 is 11.8 Å². The molecule has 3 aliphatic rings. The van der Waals surface area contributed by atoms with Crippen LogP contribution in [0.5, 0.6) is 0 Å². The van der Waals surface area contributed by atoms with E-state index in [0.29, 0.717) is 11.8 Å². The fourth-order valence-electron chi connectivity index (χ4n) is 3.05. The van der Waals surface area contributed by atoms with Gasteiger partial charge in [-0.15, -0.1) is 0 Å². The van der Waals surface area contributed by atoms with Crippen LogP contribution in [0.15, 0.2) is 12.2 Å². The van der Waals surface area contributed by atoms with Crippen molar-refractivity contribution in [2.45, 2.75) is 6.42 Å². The molecule has 13 heavy (non-hydrogen) atoms. The maximum atomic E-state index is 11.7. The maximum absolute atomic E-state index is 11.7. The molecule has 3 heteroatoms. The zero-order chi connectivity index (χ0) is 9.16. The molecular weight excluding hydrogens is 166 g/mol. The van der Waals surface area contributed by atoms with Gasteiger partial charge in [-0.2, -0.15) is 0 Å². The minimum Gasteiger partial charge on any atom is -0.285 e. The highest BCUT2D eigenvalue weighted by Gasteiger charge is 2.58. The van der Waals surface area contributed by atoms with Crippen LogP contribution >= 0.6 is 0 Å². The molecule has 4 atom stereocenters. The van der Waals surface area contributed by atoms with E-state index in [0.717, 1.165) is 6.42 Å². The molecular formula is C10H11NO2. The van der Waals surface area contributed by atoms with Crippen LogP contribution in [0.25, 0.3) is 0 Å². The second-order valence-corrected chi connectivity index (χ2v) is 4.24. The predicted octanol–water partition coefficient (Wildman–Crippen LogP) is 0.423. The van der Waals surface area contributed by atoms with Crippen molar-refractivity contribution in [1.82, 2.24) is 4.90 Å². The van der Waals surface area contributed by atoms with Crippen LogP contribution in [-0.4, -0.2) is 23.8 Å². The van der Waals surface area contributed by atoms with Gasteiger partial charge in [0.05, 0.1) is 11.8 Å². The summed E-state index contributed by atoms with van der Waals surface area (Å²) in [7, 11) is 1.60. The molecule has 3 unspecified atom stereocenters. The number of allylic oxidation sites excluding steroid dienone is 2. The lowest BCUT2D eigenvalue weighted by molar-refractivity contribution is -0.138. The number of carbonyl (C=O) groups excluding carboxylic acids is 2. The number of likely N-dealkylation sites (tertiary alicyclic amines) is 1. The number of rotatable bonds is 0. The van der Waals surface area contributed by atoms with Crippen molar-refractivity contribution in [3.8, 4) is 0 Å². The van der Waals surface area contributed by atoms with E-state index in [1.807, 2.05) is 0 Å². The minimum absolute atomic E-state index is 0.0208. The van der Waals surface area contributed by atoms with Gasteiger partial charge in [-0.1, -0.05) is 12.2 Å². The molecule has 3 rings (SSSR count). The van der Waals surface area contributed by atoms with E-state index in [9.17, 15) is 9.59 Å². The first-order valence-electron chi connectivity index (χ1n) is 4.70. The predicted molar refractivity (Wildman–Crippen MR) is 45.5 cm³/mol. The van der Waals surface area contributed by atoms with E-state index < -0.39 is 0 Å². The highest BCUT2D eigenvalue weighted by Crippen LogP contribution is 2.52. The second-order valence-electron chi connectivity index (χ2n) is 4.24. The molecule has 1 saturated carbocycles. The monoisotopic (exact) mass is 177 g/mol. The van der Waals surface area contributed by atoms with Gasteiger partial charge in [0.25, 0.3) is 0 Å². The first-order valence-corrected chi connectivity index (χ1v) is 4.70. The Morgan fingerprint density at radius 2 is 1.62 bits per heavy atom. The van der Waals surface area contributed by atoms with Gasteiger partial charge in [-0.25, -0.2) is 0 Å². The normalized spacial score (nSPS) is 46.4. The zero-order valence-electron chi connectivity index (χ0n) is 7.43. The third-order valence-electron chi connectivity index (χ3n) is 3.69. The fourth-order valence-corrected chi connectivity index (χ4v) is 3.05. The summed E-state index contributed by atoms with van der Waals surface area (Å²) in [5, 5.41) is 0. The van der Waals surface area contributed by atoms with Gasteiger partial charge in [-0.05, 0) is 18.3 Å². The Labute approximate surface area is 76.4 Å². The van der Waals surface area contributed by atoms with Gasteiger partial charge < -0.3 is 0 Å². The van der Waals surface area contributed by atoms with Crippen molar-refractivity contribution < 1.29 is 9.59 Å². The fraction of sp³-hybridized carbons (Fsp3) is 0.600. The highest BCUT2D eigenvalue weighted by molar-refractivity contribution is 6.06. The number of fused-ring (bicyclic) bond motifs is 5. The number of carbonyl (C=O) groups is 2. The first kappa shape index (κ1) is 7.30. The van der Waals surface area contributed by atoms with Gasteiger partial charge in [0.1, 0.15) is 0 Å². The van der Waals surface area contributed by atoms with Crippen LogP contribution in [0, 0.1) is 23.7 Å². The average Bonchev–Trinajstić information content (AvgIpc) is 2.76. The summed E-state index contributed by atoms with van der Waals surface area (Å²) in [6, 6.07) is 0. The molecule has 2 fully saturated rings. The molecule has 2 bridgehead atoms. The van der Waals surface area contributed by atoms with Crippen molar-refractivity contribution in [3.63, 3.8) is 0 Å². The SMILES string of the molecule is CN1C(=O)C2C3C=CC(C3)[C@@H]2C1=O. The van der Waals surface area contributed by atoms with Gasteiger partial charge in [-0.3, -0.25) is 14.5 Å². The van der Waals surface area contributed by atoms with Crippen LogP contribution in [0.3, 0.4) is 0 Å². The van der Waals surface area contributed by atoms with E-state index in [-0.39, 0.29) is 23.7 Å². The Bertz CT molecular complexity index is 304. The van der Waals surface area contributed by atoms with Gasteiger partial charge in [0, 0.05) is 7.05 Å². The zero-order valence-corrected chi connectivity index (χ0v) is 7.43. The molecule has 0 aromatic heterocycles. The Balaban J connectivity index is 2.08. The van der Waals surface area contributed by atoms with Crippen molar-refractivity contribution in [2.75, 3.05) is 7.05 Å². The van der Waals surface area contributed by atoms with E-state index in [1.165, 1.54) is 4.90 Å². The van der Waals surface area contributed by atoms with Gasteiger partial charge in [0.15, 0.2) is 0 Å². The highest BCUT2D eigenvalue weighted by atomic mass is 16.2. The number of imide groups is 1. The summed E-state index contributed by atoms with van der Waals surface area (Å²) in [5.74, 6) is 0.714. The van der Waals surface area contributed by atoms with E-state index in [2.05, 4.69) is 12.2 Å². The molecule has 0 spiro atoms. The van der Waals surface area contributed by atoms with Crippen LogP contribution in [0.2, 0.25) is 0 Å². The van der Waals surface area contributed by atoms with Crippen LogP contribution in [0.4, 0.5) is 0 Å². The lowest BCUT2D eigenvalue weighted by Crippen LogP contribution is -2.28. The summed E-state index contributed by atoms with van der Waals surface area (Å²) >= 11 is 0. The summed E-state index contributed by atoms with van der Waals surface area (Å²) in [6.07, 6.45) is 5.23. The van der Waals surface area contributed by atoms with E-state index in [1.54, 1.807) is 7.05 Å². The van der Waals surface area contributed by atoms with Crippen molar-refractivity contribution in [2.24, 2.45) is 23.7 Å². The molecule has 0 N–H and O–H groups in total. The van der Waals surface area contributed by atoms with E-state index in [4.69, 9.17) is 0 Å². The molecule has 68 valence electrons. The molecule has 2 aliphatic carbocycles. The Morgan fingerprint density at radius 1 is 1.15 bits per heavy atom. The molecule has 1 heterocycles. The quantitative estimate of drug-likeness (QED) is 0.397. The third kappa shape index (κ3) is 0.666. The first-order chi connectivity index (χ1) is 6.20. The average molecular weight is 177 g/mol. The minimum atomic E-state index is -0.0208. The van der Waals surface area contributed by atoms with Crippen molar-refractivity contribution in [1.29, 1.82) is 0 Å². The Kier molecular flexibility index (Phi) is 1.14. The smallest absolute Gasteiger partial charge is 0.233 e. The summed E-state index contributed by atoms with van der Waals surface area (Å²) < 4.78 is 0. The summed E-state index contributed by atoms with van der Waals surface area (Å²) in [5.41, 5.74) is 0. The van der Waals surface area contributed by atoms with E-state index >= 15 is 0 Å². The third-order valence-corrected chi connectivity index (χ3v) is 3.69. The molecule has 0 aromatic carbocycles. The standard InChI is InChI=1S/C10H11NO2/c1-11-9(12)7-5-2-3-6(4-5)8(7)10(11)13/h2-3,5-8H,4H2,1H3/t5?,6?,7-,8?/m0/s1. The molecule has 3 nitrogen and oxygen atoms in total. The number of nitrogens with zero attached hydrogens (tertiary/aromatic N) is 1. The number of hydrogen-bond acceptors (Lipinski definition) is 2. The largest absolute Gasteiger partial charge is 0.285 e. The lowest BCUT2D eigenvalue weighted by Gasteiger charge is -2.14. The summed E-state index contributed by atoms with van der Waals surface area (Å²) in [4.78, 5) is 24.6. The molecule has 1 aliphatic heterocycles. The Morgan fingerprint density at radius 3 is 2.08 bits per heavy atom. The Hall–Kier alpha value is -1.12.